The van der Waals surface area contributed by atoms with Gasteiger partial charge in [0.15, 0.2) is 11.5 Å². The van der Waals surface area contributed by atoms with Gasteiger partial charge in [-0.2, -0.15) is 23.0 Å². The summed E-state index contributed by atoms with van der Waals surface area (Å²) in [5, 5.41) is 4.80. The van der Waals surface area contributed by atoms with E-state index in [0.29, 0.717) is 23.0 Å². The van der Waals surface area contributed by atoms with Crippen molar-refractivity contribution < 1.29 is 18.0 Å². The van der Waals surface area contributed by atoms with E-state index in [4.69, 9.17) is 23.2 Å². The van der Waals surface area contributed by atoms with E-state index in [1.165, 1.54) is 0 Å². The Bertz CT molecular complexity index is 1420. The Morgan fingerprint density at radius 2 is 1.67 bits per heavy atom. The van der Waals surface area contributed by atoms with Gasteiger partial charge in [0, 0.05) is 16.6 Å². The minimum Gasteiger partial charge on any atom is -0.280 e. The molecule has 0 unspecified atom stereocenters. The number of nitrogens with zero attached hydrogens (tertiary/aromatic N) is 3. The Labute approximate surface area is 193 Å². The highest BCUT2D eigenvalue weighted by molar-refractivity contribution is 6.33. The van der Waals surface area contributed by atoms with Crippen molar-refractivity contribution in [3.8, 4) is 5.69 Å². The van der Waals surface area contributed by atoms with E-state index in [1.807, 2.05) is 0 Å². The molecule has 0 aliphatic rings. The third-order valence-corrected chi connectivity index (χ3v) is 5.09. The Balaban J connectivity index is 1.69. The molecule has 12 heteroatoms. The fraction of sp³-hybridized carbons (Fsp3) is 0.0476. The van der Waals surface area contributed by atoms with Crippen molar-refractivity contribution in [1.29, 1.82) is 0 Å². The van der Waals surface area contributed by atoms with Gasteiger partial charge in [-0.15, -0.1) is 0 Å². The SMILES string of the molecule is O=C(NNc1ncc(C(F)(F)F)cc1Cl)c1nn(-c2ccc(Cl)cc2)c(=O)c2ccccc12. The van der Waals surface area contributed by atoms with Crippen LogP contribution < -0.4 is 16.4 Å². The Morgan fingerprint density at radius 3 is 2.30 bits per heavy atom. The van der Waals surface area contributed by atoms with Crippen LogP contribution in [0.15, 0.2) is 65.6 Å². The molecule has 7 nitrogen and oxygen atoms in total. The predicted octanol–water partition coefficient (Wildman–Crippen LogP) is 4.86. The average Bonchev–Trinajstić information content (AvgIpc) is 2.78. The maximum absolute atomic E-state index is 12.9. The summed E-state index contributed by atoms with van der Waals surface area (Å²) >= 11 is 11.8. The molecule has 0 aliphatic heterocycles. The van der Waals surface area contributed by atoms with Gasteiger partial charge in [-0.1, -0.05) is 41.4 Å². The number of amides is 1. The van der Waals surface area contributed by atoms with Crippen LogP contribution in [0.2, 0.25) is 10.0 Å². The first-order valence-electron chi connectivity index (χ1n) is 9.22. The van der Waals surface area contributed by atoms with Gasteiger partial charge in [-0.05, 0) is 36.4 Å². The number of aromatic nitrogens is 3. The van der Waals surface area contributed by atoms with Crippen molar-refractivity contribution >= 4 is 45.7 Å². The minimum absolute atomic E-state index is 0.115. The number of halogens is 5. The van der Waals surface area contributed by atoms with Crippen LogP contribution in [0, 0.1) is 0 Å². The van der Waals surface area contributed by atoms with Crippen molar-refractivity contribution in [2.75, 3.05) is 5.43 Å². The zero-order valence-corrected chi connectivity index (χ0v) is 17.8. The molecule has 0 atom stereocenters. The number of pyridine rings is 1. The zero-order valence-electron chi connectivity index (χ0n) is 16.3. The average molecular weight is 494 g/mol. The van der Waals surface area contributed by atoms with Crippen LogP contribution in [-0.2, 0) is 6.18 Å². The van der Waals surface area contributed by atoms with Crippen LogP contribution in [0.4, 0.5) is 19.0 Å². The van der Waals surface area contributed by atoms with Crippen molar-refractivity contribution in [3.05, 3.63) is 92.5 Å². The molecule has 0 radical (unpaired) electrons. The van der Waals surface area contributed by atoms with Gasteiger partial charge in [0.1, 0.15) is 0 Å². The molecule has 4 aromatic rings. The lowest BCUT2D eigenvalue weighted by Gasteiger charge is -2.13. The molecule has 4 rings (SSSR count). The van der Waals surface area contributed by atoms with Gasteiger partial charge in [0.05, 0.1) is 21.7 Å². The molecule has 2 N–H and O–H groups in total. The van der Waals surface area contributed by atoms with Gasteiger partial charge in [-0.25, -0.2) is 4.98 Å². The number of rotatable bonds is 4. The van der Waals surface area contributed by atoms with Crippen LogP contribution >= 0.6 is 23.2 Å². The topological polar surface area (TPSA) is 88.9 Å². The summed E-state index contributed by atoms with van der Waals surface area (Å²) in [4.78, 5) is 29.4. The first-order valence-corrected chi connectivity index (χ1v) is 9.98. The summed E-state index contributed by atoms with van der Waals surface area (Å²) < 4.78 is 39.4. The van der Waals surface area contributed by atoms with Gasteiger partial charge < -0.3 is 0 Å². The third-order valence-electron chi connectivity index (χ3n) is 4.55. The molecule has 168 valence electrons. The molecule has 2 heterocycles. The normalized spacial score (nSPS) is 11.4. The number of hydrazine groups is 1. The maximum atomic E-state index is 12.9. The number of carbonyl (C=O) groups is 1. The number of anilines is 1. The summed E-state index contributed by atoms with van der Waals surface area (Å²) in [6, 6.07) is 13.3. The maximum Gasteiger partial charge on any atom is 0.417 e. The fourth-order valence-corrected chi connectivity index (χ4v) is 3.31. The second kappa shape index (κ2) is 8.72. The highest BCUT2D eigenvalue weighted by atomic mass is 35.5. The van der Waals surface area contributed by atoms with Crippen molar-refractivity contribution in [2.24, 2.45) is 0 Å². The van der Waals surface area contributed by atoms with Crippen molar-refractivity contribution in [2.45, 2.75) is 6.18 Å². The van der Waals surface area contributed by atoms with E-state index in [2.05, 4.69) is 20.9 Å². The van der Waals surface area contributed by atoms with Gasteiger partial charge >= 0.3 is 6.18 Å². The van der Waals surface area contributed by atoms with Gasteiger partial charge in [-0.3, -0.25) is 20.4 Å². The third kappa shape index (κ3) is 4.62. The molecular formula is C21H12Cl2F3N5O2. The lowest BCUT2D eigenvalue weighted by Crippen LogP contribution is -2.33. The van der Waals surface area contributed by atoms with E-state index in [1.54, 1.807) is 48.5 Å². The molecule has 0 fully saturated rings. The molecule has 2 aromatic heterocycles. The zero-order chi connectivity index (χ0) is 23.8. The lowest BCUT2D eigenvalue weighted by molar-refractivity contribution is -0.137. The number of carbonyl (C=O) groups excluding carboxylic acids is 1. The number of alkyl halides is 3. The van der Waals surface area contributed by atoms with Crippen LogP contribution in [0.5, 0.6) is 0 Å². The number of benzene rings is 2. The quantitative estimate of drug-likeness (QED) is 0.396. The number of nitrogens with one attached hydrogen (secondary N) is 2. The molecule has 33 heavy (non-hydrogen) atoms. The van der Waals surface area contributed by atoms with Gasteiger partial charge in [0.25, 0.3) is 11.5 Å². The Hall–Kier alpha value is -3.63. The Morgan fingerprint density at radius 1 is 1.00 bits per heavy atom. The number of hydrogen-bond donors (Lipinski definition) is 2. The van der Waals surface area contributed by atoms with Gasteiger partial charge in [0.2, 0.25) is 0 Å². The molecule has 0 saturated carbocycles. The highest BCUT2D eigenvalue weighted by Crippen LogP contribution is 2.32. The van der Waals surface area contributed by atoms with Crippen molar-refractivity contribution in [1.82, 2.24) is 20.2 Å². The van der Waals surface area contributed by atoms with Crippen LogP contribution in [0.1, 0.15) is 16.1 Å². The summed E-state index contributed by atoms with van der Waals surface area (Å²) in [6.07, 6.45) is -4.04. The molecular weight excluding hydrogens is 482 g/mol. The predicted molar refractivity (Wildman–Crippen MR) is 118 cm³/mol. The van der Waals surface area contributed by atoms with Crippen LogP contribution in [0.25, 0.3) is 16.5 Å². The van der Waals surface area contributed by atoms with E-state index >= 15 is 0 Å². The first-order chi connectivity index (χ1) is 15.6. The standard InChI is InChI=1S/C21H12Cl2F3N5O2/c22-12-5-7-13(8-6-12)31-20(33)15-4-2-1-3-14(15)17(30-31)19(32)29-28-18-16(23)9-11(10-27-18)21(24,25)26/h1-10H,(H,27,28)(H,29,32). The summed E-state index contributed by atoms with van der Waals surface area (Å²) in [6.45, 7) is 0. The smallest absolute Gasteiger partial charge is 0.280 e. The summed E-state index contributed by atoms with van der Waals surface area (Å²) in [5.41, 5.74) is 3.45. The number of hydrogen-bond acceptors (Lipinski definition) is 5. The lowest BCUT2D eigenvalue weighted by atomic mass is 10.1. The molecule has 2 aromatic carbocycles. The summed E-state index contributed by atoms with van der Waals surface area (Å²) in [7, 11) is 0. The second-order valence-electron chi connectivity index (χ2n) is 6.72. The number of fused-ring (bicyclic) bond motifs is 1. The molecule has 0 bridgehead atoms. The highest BCUT2D eigenvalue weighted by Gasteiger charge is 2.31. The molecule has 0 spiro atoms. The van der Waals surface area contributed by atoms with E-state index < -0.39 is 23.2 Å². The fourth-order valence-electron chi connectivity index (χ4n) is 2.97. The van der Waals surface area contributed by atoms with Crippen molar-refractivity contribution in [3.63, 3.8) is 0 Å². The van der Waals surface area contributed by atoms with E-state index in [9.17, 15) is 22.8 Å². The first kappa shape index (κ1) is 22.6. The largest absolute Gasteiger partial charge is 0.417 e. The minimum atomic E-state index is -4.61. The second-order valence-corrected chi connectivity index (χ2v) is 7.56. The monoisotopic (exact) mass is 493 g/mol. The molecule has 0 aliphatic carbocycles. The van der Waals surface area contributed by atoms with Crippen LogP contribution in [0.3, 0.4) is 0 Å². The van der Waals surface area contributed by atoms with E-state index in [0.717, 1.165) is 4.68 Å². The van der Waals surface area contributed by atoms with Crippen LogP contribution in [-0.4, -0.2) is 20.7 Å². The van der Waals surface area contributed by atoms with E-state index in [-0.39, 0.29) is 27.3 Å². The molecule has 0 saturated heterocycles. The Kier molecular flexibility index (Phi) is 5.96. The molecule has 1 amide bonds. The summed E-state index contributed by atoms with van der Waals surface area (Å²) in [5.74, 6) is -0.972.